The molecule has 0 saturated carbocycles. The molecule has 1 radical (unpaired) electrons. The summed E-state index contributed by atoms with van der Waals surface area (Å²) in [6.45, 7) is 6.04. The van der Waals surface area contributed by atoms with Gasteiger partial charge in [0.15, 0.2) is 0 Å². The fourth-order valence-electron chi connectivity index (χ4n) is 2.87. The smallest absolute Gasteiger partial charge is 0.490 e. The molecule has 1 aliphatic rings. The SMILES string of the molecule is Cc1[c]cc(OCCCN2CCCC[C@H]2C)c(C(F)(F)F)c1.O=C(O)C(F)(F)F. The largest absolute Gasteiger partial charge is 0.493 e. The van der Waals surface area contributed by atoms with Crippen LogP contribution in [-0.2, 0) is 11.0 Å². The molecule has 29 heavy (non-hydrogen) atoms. The number of nitrogens with zero attached hydrogens (tertiary/aromatic N) is 1. The van der Waals surface area contributed by atoms with E-state index in [4.69, 9.17) is 14.6 Å². The molecule has 1 atom stereocenters. The molecule has 0 unspecified atom stereocenters. The molecule has 0 spiro atoms. The number of carbonyl (C=O) groups is 1. The second kappa shape index (κ2) is 10.7. The molecule has 2 rings (SSSR count). The lowest BCUT2D eigenvalue weighted by atomic mass is 10.0. The van der Waals surface area contributed by atoms with Crippen molar-refractivity contribution in [1.82, 2.24) is 4.90 Å². The van der Waals surface area contributed by atoms with Crippen molar-refractivity contribution in [1.29, 1.82) is 0 Å². The van der Waals surface area contributed by atoms with Crippen LogP contribution in [0.15, 0.2) is 12.1 Å². The van der Waals surface area contributed by atoms with Crippen LogP contribution in [0.1, 0.15) is 43.7 Å². The van der Waals surface area contributed by atoms with Crippen molar-refractivity contribution in [2.24, 2.45) is 0 Å². The molecule has 1 aromatic carbocycles. The molecular formula is C19H24F6NO3. The van der Waals surface area contributed by atoms with Crippen molar-refractivity contribution >= 4 is 5.97 Å². The Bertz CT molecular complexity index is 660. The third-order valence-corrected chi connectivity index (χ3v) is 4.39. The molecule has 10 heteroatoms. The molecule has 165 valence electrons. The topological polar surface area (TPSA) is 49.8 Å². The molecular weight excluding hydrogens is 404 g/mol. The number of alkyl halides is 6. The number of rotatable bonds is 5. The Balaban J connectivity index is 0.000000516. The highest BCUT2D eigenvalue weighted by atomic mass is 19.4. The summed E-state index contributed by atoms with van der Waals surface area (Å²) in [5, 5.41) is 7.12. The predicted octanol–water partition coefficient (Wildman–Crippen LogP) is 5.09. The van der Waals surface area contributed by atoms with E-state index in [2.05, 4.69) is 17.9 Å². The fraction of sp³-hybridized carbons (Fsp3) is 0.632. The van der Waals surface area contributed by atoms with E-state index >= 15 is 0 Å². The van der Waals surface area contributed by atoms with Crippen LogP contribution in [0.5, 0.6) is 5.75 Å². The van der Waals surface area contributed by atoms with Gasteiger partial charge in [0.1, 0.15) is 5.75 Å². The summed E-state index contributed by atoms with van der Waals surface area (Å²) >= 11 is 0. The van der Waals surface area contributed by atoms with E-state index < -0.39 is 23.9 Å². The molecule has 0 aromatic heterocycles. The third-order valence-electron chi connectivity index (χ3n) is 4.39. The number of aliphatic carboxylic acids is 1. The number of likely N-dealkylation sites (tertiary alicyclic amines) is 1. The Morgan fingerprint density at radius 1 is 1.28 bits per heavy atom. The van der Waals surface area contributed by atoms with Crippen LogP contribution in [-0.4, -0.2) is 47.9 Å². The zero-order valence-electron chi connectivity index (χ0n) is 16.2. The first kappa shape index (κ1) is 25.1. The van der Waals surface area contributed by atoms with Gasteiger partial charge in [0, 0.05) is 12.6 Å². The standard InChI is InChI=1S/C17H23F3NO.C2HF3O2/c1-13-7-8-16(15(12-13)17(18,19)20)22-11-5-10-21-9-4-3-6-14(21)2;3-2(4,5)1(6)7/h8,12,14H,3-6,9-11H2,1-2H3;(H,6,7)/t14-;/m1./s1. The van der Waals surface area contributed by atoms with Crippen LogP contribution in [0.4, 0.5) is 26.3 Å². The summed E-state index contributed by atoms with van der Waals surface area (Å²) in [5.41, 5.74) is -0.253. The quantitative estimate of drug-likeness (QED) is 0.524. The van der Waals surface area contributed by atoms with Gasteiger partial charge >= 0.3 is 18.3 Å². The monoisotopic (exact) mass is 428 g/mol. The van der Waals surface area contributed by atoms with Gasteiger partial charge in [0.2, 0.25) is 0 Å². The van der Waals surface area contributed by atoms with Crippen LogP contribution in [0.2, 0.25) is 0 Å². The molecule has 1 heterocycles. The molecule has 1 aromatic rings. The highest BCUT2D eigenvalue weighted by Gasteiger charge is 2.38. The van der Waals surface area contributed by atoms with E-state index in [0.29, 0.717) is 18.2 Å². The summed E-state index contributed by atoms with van der Waals surface area (Å²) in [5.74, 6) is -2.88. The average molecular weight is 428 g/mol. The summed E-state index contributed by atoms with van der Waals surface area (Å²) in [4.78, 5) is 11.3. The Hall–Kier alpha value is -1.97. The van der Waals surface area contributed by atoms with Gasteiger partial charge in [-0.3, -0.25) is 0 Å². The van der Waals surface area contributed by atoms with Crippen molar-refractivity contribution in [3.8, 4) is 5.75 Å². The minimum atomic E-state index is -5.08. The van der Waals surface area contributed by atoms with Gasteiger partial charge in [-0.25, -0.2) is 4.79 Å². The van der Waals surface area contributed by atoms with E-state index in [0.717, 1.165) is 25.6 Å². The maximum Gasteiger partial charge on any atom is 0.490 e. The molecule has 0 aliphatic carbocycles. The summed E-state index contributed by atoms with van der Waals surface area (Å²) in [7, 11) is 0. The number of hydrogen-bond acceptors (Lipinski definition) is 3. The number of halogens is 6. The van der Waals surface area contributed by atoms with Gasteiger partial charge in [0.05, 0.1) is 12.2 Å². The first-order valence-electron chi connectivity index (χ1n) is 9.09. The van der Waals surface area contributed by atoms with Crippen molar-refractivity contribution in [2.45, 2.75) is 57.9 Å². The lowest BCUT2D eigenvalue weighted by molar-refractivity contribution is -0.192. The van der Waals surface area contributed by atoms with Crippen LogP contribution in [0.3, 0.4) is 0 Å². The highest BCUT2D eigenvalue weighted by molar-refractivity contribution is 5.73. The van der Waals surface area contributed by atoms with Gasteiger partial charge in [-0.05, 0) is 63.4 Å². The molecule has 0 amide bonds. The number of ether oxygens (including phenoxy) is 1. The molecule has 1 aliphatic heterocycles. The molecule has 1 N–H and O–H groups in total. The zero-order valence-corrected chi connectivity index (χ0v) is 16.2. The number of hydrogen-bond donors (Lipinski definition) is 1. The second-order valence-corrected chi connectivity index (χ2v) is 6.78. The van der Waals surface area contributed by atoms with Gasteiger partial charge in [-0.1, -0.05) is 6.42 Å². The van der Waals surface area contributed by atoms with Gasteiger partial charge in [-0.15, -0.1) is 0 Å². The average Bonchev–Trinajstić information content (AvgIpc) is 2.60. The normalized spacial score (nSPS) is 18.0. The fourth-order valence-corrected chi connectivity index (χ4v) is 2.87. The van der Waals surface area contributed by atoms with Gasteiger partial charge in [-0.2, -0.15) is 26.3 Å². The van der Waals surface area contributed by atoms with Gasteiger partial charge < -0.3 is 14.7 Å². The number of aryl methyl sites for hydroxylation is 1. The maximum atomic E-state index is 13.0. The first-order valence-corrected chi connectivity index (χ1v) is 9.09. The predicted molar refractivity (Wildman–Crippen MR) is 93.7 cm³/mol. The summed E-state index contributed by atoms with van der Waals surface area (Å²) in [6, 6.07) is 5.72. The molecule has 1 saturated heterocycles. The first-order chi connectivity index (χ1) is 13.3. The van der Waals surface area contributed by atoms with E-state index in [-0.39, 0.29) is 5.75 Å². The third kappa shape index (κ3) is 8.93. The minimum Gasteiger partial charge on any atom is -0.493 e. The van der Waals surface area contributed by atoms with Crippen LogP contribution >= 0.6 is 0 Å². The van der Waals surface area contributed by atoms with E-state index in [1.54, 1.807) is 6.92 Å². The number of carboxylic acids is 1. The Morgan fingerprint density at radius 3 is 2.41 bits per heavy atom. The van der Waals surface area contributed by atoms with Crippen molar-refractivity contribution in [2.75, 3.05) is 19.7 Å². The van der Waals surface area contributed by atoms with E-state index in [1.165, 1.54) is 25.3 Å². The lowest BCUT2D eigenvalue weighted by Gasteiger charge is -2.33. The van der Waals surface area contributed by atoms with E-state index in [9.17, 15) is 26.3 Å². The van der Waals surface area contributed by atoms with Crippen molar-refractivity contribution < 1.29 is 41.0 Å². The number of piperidine rings is 1. The number of benzene rings is 1. The highest BCUT2D eigenvalue weighted by Crippen LogP contribution is 2.36. The molecule has 0 bridgehead atoms. The van der Waals surface area contributed by atoms with Crippen LogP contribution in [0, 0.1) is 13.0 Å². The summed E-state index contributed by atoms with van der Waals surface area (Å²) in [6.07, 6.45) is -5.07. The minimum absolute atomic E-state index is 0.121. The Labute approximate surface area is 165 Å². The van der Waals surface area contributed by atoms with Crippen LogP contribution < -0.4 is 4.74 Å². The molecule has 4 nitrogen and oxygen atoms in total. The molecule has 1 fully saturated rings. The number of carboxylic acid groups (broad SMARTS) is 1. The second-order valence-electron chi connectivity index (χ2n) is 6.78. The Morgan fingerprint density at radius 2 is 1.90 bits per heavy atom. The van der Waals surface area contributed by atoms with Crippen molar-refractivity contribution in [3.05, 3.63) is 29.3 Å². The Kier molecular flexibility index (Phi) is 9.25. The van der Waals surface area contributed by atoms with Gasteiger partial charge in [0.25, 0.3) is 0 Å². The maximum absolute atomic E-state index is 13.0. The zero-order chi connectivity index (χ0) is 22.2. The summed E-state index contributed by atoms with van der Waals surface area (Å²) < 4.78 is 76.0. The van der Waals surface area contributed by atoms with Crippen molar-refractivity contribution in [3.63, 3.8) is 0 Å². The lowest BCUT2D eigenvalue weighted by Crippen LogP contribution is -2.38. The van der Waals surface area contributed by atoms with Crippen LogP contribution in [0.25, 0.3) is 0 Å². The van der Waals surface area contributed by atoms with E-state index in [1.807, 2.05) is 0 Å².